The second-order valence-electron chi connectivity index (χ2n) is 6.31. The van der Waals surface area contributed by atoms with E-state index in [1.54, 1.807) is 41.1 Å². The van der Waals surface area contributed by atoms with Crippen LogP contribution in [0.1, 0.15) is 23.3 Å². The SMILES string of the molecule is CCn1ccc(=O)nc1SC(C(=O)Nc1cccc(C(F)(F)F)c1)c1ccccc1. The van der Waals surface area contributed by atoms with Gasteiger partial charge in [0.25, 0.3) is 5.56 Å². The highest BCUT2D eigenvalue weighted by molar-refractivity contribution is 8.00. The maximum absolute atomic E-state index is 13.0. The van der Waals surface area contributed by atoms with Crippen LogP contribution in [0.15, 0.2) is 76.8 Å². The Labute approximate surface area is 175 Å². The van der Waals surface area contributed by atoms with Crippen LogP contribution in [-0.4, -0.2) is 15.5 Å². The first-order valence-electron chi connectivity index (χ1n) is 9.05. The zero-order valence-electron chi connectivity index (χ0n) is 15.9. The maximum Gasteiger partial charge on any atom is 0.416 e. The number of benzene rings is 2. The van der Waals surface area contributed by atoms with Gasteiger partial charge in [-0.15, -0.1) is 0 Å². The van der Waals surface area contributed by atoms with Gasteiger partial charge >= 0.3 is 6.18 Å². The molecule has 0 fully saturated rings. The Hall–Kier alpha value is -3.07. The van der Waals surface area contributed by atoms with Crippen LogP contribution in [0.5, 0.6) is 0 Å². The lowest BCUT2D eigenvalue weighted by molar-refractivity contribution is -0.137. The van der Waals surface area contributed by atoms with Crippen molar-refractivity contribution in [3.63, 3.8) is 0 Å². The number of carbonyl (C=O) groups is 1. The monoisotopic (exact) mass is 433 g/mol. The molecule has 3 rings (SSSR count). The molecule has 0 aliphatic carbocycles. The van der Waals surface area contributed by atoms with E-state index in [1.807, 2.05) is 6.92 Å². The van der Waals surface area contributed by atoms with Gasteiger partial charge in [0.1, 0.15) is 5.25 Å². The molecule has 0 radical (unpaired) electrons. The Bertz CT molecular complexity index is 1080. The van der Waals surface area contributed by atoms with Gasteiger partial charge < -0.3 is 9.88 Å². The number of aryl methyl sites for hydroxylation is 1. The third-order valence-electron chi connectivity index (χ3n) is 4.21. The van der Waals surface area contributed by atoms with E-state index in [0.717, 1.165) is 23.9 Å². The fraction of sp³-hybridized carbons (Fsp3) is 0.190. The molecule has 0 aliphatic rings. The van der Waals surface area contributed by atoms with E-state index in [9.17, 15) is 22.8 Å². The van der Waals surface area contributed by atoms with Gasteiger partial charge in [-0.25, -0.2) is 0 Å². The van der Waals surface area contributed by atoms with Gasteiger partial charge in [0.15, 0.2) is 5.16 Å². The molecule has 30 heavy (non-hydrogen) atoms. The van der Waals surface area contributed by atoms with E-state index in [-0.39, 0.29) is 5.69 Å². The Kier molecular flexibility index (Phi) is 6.61. The highest BCUT2D eigenvalue weighted by atomic mass is 32.2. The molecular weight excluding hydrogens is 415 g/mol. The van der Waals surface area contributed by atoms with E-state index >= 15 is 0 Å². The summed E-state index contributed by atoms with van der Waals surface area (Å²) in [6.07, 6.45) is -2.93. The Morgan fingerprint density at radius 3 is 2.53 bits per heavy atom. The van der Waals surface area contributed by atoms with Crippen LogP contribution in [0, 0.1) is 0 Å². The van der Waals surface area contributed by atoms with E-state index in [2.05, 4.69) is 10.3 Å². The van der Waals surface area contributed by atoms with E-state index in [4.69, 9.17) is 0 Å². The second-order valence-corrected chi connectivity index (χ2v) is 7.38. The van der Waals surface area contributed by atoms with Crippen molar-refractivity contribution in [2.45, 2.75) is 30.1 Å². The number of alkyl halides is 3. The van der Waals surface area contributed by atoms with Crippen molar-refractivity contribution in [2.24, 2.45) is 0 Å². The van der Waals surface area contributed by atoms with E-state index < -0.39 is 28.5 Å². The van der Waals surface area contributed by atoms with Gasteiger partial charge in [-0.1, -0.05) is 48.2 Å². The Balaban J connectivity index is 1.93. The second kappa shape index (κ2) is 9.17. The van der Waals surface area contributed by atoms with Crippen molar-refractivity contribution in [3.8, 4) is 0 Å². The van der Waals surface area contributed by atoms with Gasteiger partial charge in [-0.3, -0.25) is 9.59 Å². The van der Waals surface area contributed by atoms with Crippen LogP contribution in [0.4, 0.5) is 18.9 Å². The molecule has 156 valence electrons. The minimum absolute atomic E-state index is 0.0326. The average molecular weight is 433 g/mol. The molecule has 1 unspecified atom stereocenters. The first-order valence-corrected chi connectivity index (χ1v) is 9.93. The molecule has 2 aromatic carbocycles. The molecule has 0 spiro atoms. The normalized spacial score (nSPS) is 12.4. The van der Waals surface area contributed by atoms with Crippen molar-refractivity contribution in [1.29, 1.82) is 0 Å². The lowest BCUT2D eigenvalue weighted by Gasteiger charge is -2.19. The zero-order valence-corrected chi connectivity index (χ0v) is 16.7. The number of hydrogen-bond donors (Lipinski definition) is 1. The van der Waals surface area contributed by atoms with Gasteiger partial charge in [-0.2, -0.15) is 18.2 Å². The number of anilines is 1. The zero-order chi connectivity index (χ0) is 21.7. The highest BCUT2D eigenvalue weighted by Gasteiger charge is 2.31. The molecule has 1 heterocycles. The number of amides is 1. The number of nitrogens with one attached hydrogen (secondary N) is 1. The molecule has 3 aromatic rings. The summed E-state index contributed by atoms with van der Waals surface area (Å²) >= 11 is 1.06. The number of hydrogen-bond acceptors (Lipinski definition) is 4. The standard InChI is InChI=1S/C21H18F3N3O2S/c1-2-27-12-11-17(28)26-20(27)30-18(14-7-4-3-5-8-14)19(29)25-16-10-6-9-15(13-16)21(22,23)24/h3-13,18H,2H2,1H3,(H,25,29). The lowest BCUT2D eigenvalue weighted by atomic mass is 10.1. The van der Waals surface area contributed by atoms with Gasteiger partial charge in [0.05, 0.1) is 5.56 Å². The summed E-state index contributed by atoms with van der Waals surface area (Å²) in [4.78, 5) is 28.7. The van der Waals surface area contributed by atoms with Crippen molar-refractivity contribution in [2.75, 3.05) is 5.32 Å². The fourth-order valence-corrected chi connectivity index (χ4v) is 3.87. The van der Waals surface area contributed by atoms with Crippen molar-refractivity contribution in [1.82, 2.24) is 9.55 Å². The number of thioether (sulfide) groups is 1. The quantitative estimate of drug-likeness (QED) is 0.450. The molecule has 1 N–H and O–H groups in total. The molecule has 1 amide bonds. The Morgan fingerprint density at radius 2 is 1.87 bits per heavy atom. The number of nitrogens with zero attached hydrogens (tertiary/aromatic N) is 2. The predicted molar refractivity (Wildman–Crippen MR) is 109 cm³/mol. The molecule has 9 heteroatoms. The summed E-state index contributed by atoms with van der Waals surface area (Å²) in [5.41, 5.74) is -0.626. The lowest BCUT2D eigenvalue weighted by Crippen LogP contribution is -2.21. The average Bonchev–Trinajstić information content (AvgIpc) is 2.72. The predicted octanol–water partition coefficient (Wildman–Crippen LogP) is 4.75. The van der Waals surface area contributed by atoms with Crippen LogP contribution in [0.2, 0.25) is 0 Å². The van der Waals surface area contributed by atoms with Crippen molar-refractivity contribution >= 4 is 23.4 Å². The minimum Gasteiger partial charge on any atom is -0.328 e. The first kappa shape index (κ1) is 21.6. The van der Waals surface area contributed by atoms with Gasteiger partial charge in [-0.05, 0) is 30.7 Å². The van der Waals surface area contributed by atoms with Crippen LogP contribution in [-0.2, 0) is 17.5 Å². The van der Waals surface area contributed by atoms with Gasteiger partial charge in [0, 0.05) is 24.5 Å². The summed E-state index contributed by atoms with van der Waals surface area (Å²) < 4.78 is 40.7. The topological polar surface area (TPSA) is 64.0 Å². The third kappa shape index (κ3) is 5.29. The van der Waals surface area contributed by atoms with Crippen molar-refractivity contribution < 1.29 is 18.0 Å². The fourth-order valence-electron chi connectivity index (χ4n) is 2.74. The van der Waals surface area contributed by atoms with E-state index in [0.29, 0.717) is 17.3 Å². The summed E-state index contributed by atoms with van der Waals surface area (Å²) in [5.74, 6) is -0.522. The molecule has 0 saturated heterocycles. The van der Waals surface area contributed by atoms with E-state index in [1.165, 1.54) is 18.2 Å². The largest absolute Gasteiger partial charge is 0.416 e. The molecule has 0 aliphatic heterocycles. The smallest absolute Gasteiger partial charge is 0.328 e. The first-order chi connectivity index (χ1) is 14.3. The summed E-state index contributed by atoms with van der Waals surface area (Å²) in [6, 6.07) is 14.5. The minimum atomic E-state index is -4.51. The summed E-state index contributed by atoms with van der Waals surface area (Å²) in [5, 5.41) is 2.07. The molecule has 1 aromatic heterocycles. The molecular formula is C21H18F3N3O2S. The maximum atomic E-state index is 13.0. The molecule has 0 saturated carbocycles. The third-order valence-corrected chi connectivity index (χ3v) is 5.47. The van der Waals surface area contributed by atoms with Crippen LogP contribution in [0.3, 0.4) is 0 Å². The number of halogens is 3. The highest BCUT2D eigenvalue weighted by Crippen LogP contribution is 2.36. The number of aromatic nitrogens is 2. The number of rotatable bonds is 6. The van der Waals surface area contributed by atoms with Gasteiger partial charge in [0.2, 0.25) is 5.91 Å². The molecule has 0 bridgehead atoms. The van der Waals surface area contributed by atoms with Crippen LogP contribution < -0.4 is 10.9 Å². The van der Waals surface area contributed by atoms with Crippen molar-refractivity contribution in [3.05, 3.63) is 88.3 Å². The summed E-state index contributed by atoms with van der Waals surface area (Å²) in [7, 11) is 0. The molecule has 1 atom stereocenters. The summed E-state index contributed by atoms with van der Waals surface area (Å²) in [6.45, 7) is 2.41. The van der Waals surface area contributed by atoms with Crippen LogP contribution in [0.25, 0.3) is 0 Å². The molecule has 5 nitrogen and oxygen atoms in total. The Morgan fingerprint density at radius 1 is 1.13 bits per heavy atom. The van der Waals surface area contributed by atoms with Crippen LogP contribution >= 0.6 is 11.8 Å². The number of carbonyl (C=O) groups excluding carboxylic acids is 1.